The summed E-state index contributed by atoms with van der Waals surface area (Å²) in [5.74, 6) is -1.55. The number of aromatic nitrogens is 4. The maximum atomic E-state index is 13.5. The van der Waals surface area contributed by atoms with Crippen LogP contribution in [0.2, 0.25) is 0 Å². The van der Waals surface area contributed by atoms with Crippen molar-refractivity contribution >= 4 is 57.5 Å². The third-order valence-corrected chi connectivity index (χ3v) is 12.1. The smallest absolute Gasteiger partial charge is 0.316 e. The van der Waals surface area contributed by atoms with Gasteiger partial charge in [0.25, 0.3) is 11.8 Å². The monoisotopic (exact) mass is 836 g/mol. The number of carbonyl (C=O) groups excluding carboxylic acids is 3. The molecular formula is C48H52N8O6. The zero-order valence-corrected chi connectivity index (χ0v) is 35.8. The van der Waals surface area contributed by atoms with Crippen molar-refractivity contribution < 1.29 is 29.0 Å². The SMILES string of the molecule is CCCC(C)(C(=O)O)c1ccc2nc(N)nc(C(=O)N3Cc4ccccc4C3)c2c1.CCCC(C)(C(=O)OCC)c1ccc2nc(N)nc(C(=O)N3Cc4ccccc4C3)c2c1. The van der Waals surface area contributed by atoms with Crippen LogP contribution in [0.1, 0.15) is 115 Å². The Hall–Kier alpha value is -6.96. The predicted molar refractivity (Wildman–Crippen MR) is 237 cm³/mol. The second-order valence-corrected chi connectivity index (χ2v) is 16.4. The van der Waals surface area contributed by atoms with Crippen LogP contribution in [-0.4, -0.2) is 65.2 Å². The molecule has 2 unspecified atom stereocenters. The lowest BCUT2D eigenvalue weighted by Gasteiger charge is -2.28. The molecule has 0 aliphatic carbocycles. The minimum absolute atomic E-state index is 0.0184. The Morgan fingerprint density at radius 1 is 0.613 bits per heavy atom. The Morgan fingerprint density at radius 2 is 1.00 bits per heavy atom. The van der Waals surface area contributed by atoms with E-state index in [0.717, 1.165) is 40.7 Å². The van der Waals surface area contributed by atoms with Crippen molar-refractivity contribution in [2.24, 2.45) is 0 Å². The first-order valence-electron chi connectivity index (χ1n) is 21.0. The molecule has 2 aromatic heterocycles. The lowest BCUT2D eigenvalue weighted by atomic mass is 9.78. The molecule has 5 N–H and O–H groups in total. The largest absolute Gasteiger partial charge is 0.481 e. The van der Waals surface area contributed by atoms with Crippen molar-refractivity contribution in [3.63, 3.8) is 0 Å². The molecule has 2 aliphatic rings. The molecule has 4 aromatic carbocycles. The predicted octanol–water partition coefficient (Wildman–Crippen LogP) is 7.50. The van der Waals surface area contributed by atoms with Gasteiger partial charge in [0.05, 0.1) is 28.5 Å². The minimum Gasteiger partial charge on any atom is -0.481 e. The average molecular weight is 837 g/mol. The first-order valence-corrected chi connectivity index (χ1v) is 21.0. The number of carboxylic acid groups (broad SMARTS) is 1. The van der Waals surface area contributed by atoms with E-state index in [1.54, 1.807) is 47.9 Å². The Labute approximate surface area is 360 Å². The van der Waals surface area contributed by atoms with Gasteiger partial charge >= 0.3 is 11.9 Å². The molecule has 2 atom stereocenters. The Morgan fingerprint density at radius 3 is 1.37 bits per heavy atom. The van der Waals surface area contributed by atoms with E-state index in [2.05, 4.69) is 19.9 Å². The summed E-state index contributed by atoms with van der Waals surface area (Å²) in [5, 5.41) is 11.0. The van der Waals surface area contributed by atoms with Gasteiger partial charge in [0, 0.05) is 37.0 Å². The Bertz CT molecular complexity index is 2670. The molecule has 0 radical (unpaired) electrons. The number of esters is 1. The van der Waals surface area contributed by atoms with E-state index < -0.39 is 16.8 Å². The summed E-state index contributed by atoms with van der Waals surface area (Å²) in [7, 11) is 0. The molecule has 320 valence electrons. The van der Waals surface area contributed by atoms with E-state index in [1.807, 2.05) is 81.4 Å². The molecule has 8 rings (SSSR count). The van der Waals surface area contributed by atoms with E-state index in [-0.39, 0.29) is 41.1 Å². The van der Waals surface area contributed by atoms with Crippen molar-refractivity contribution in [3.8, 4) is 0 Å². The molecule has 0 saturated carbocycles. The van der Waals surface area contributed by atoms with Crippen LogP contribution in [-0.2, 0) is 51.3 Å². The summed E-state index contributed by atoms with van der Waals surface area (Å²) < 4.78 is 5.37. The molecular weight excluding hydrogens is 785 g/mol. The number of rotatable bonds is 11. The van der Waals surface area contributed by atoms with Crippen molar-refractivity contribution in [1.29, 1.82) is 0 Å². The lowest BCUT2D eigenvalue weighted by Crippen LogP contribution is -2.34. The summed E-state index contributed by atoms with van der Waals surface area (Å²) in [4.78, 5) is 72.4. The fourth-order valence-corrected chi connectivity index (χ4v) is 8.59. The number of ether oxygens (including phenoxy) is 1. The third kappa shape index (κ3) is 8.24. The second-order valence-electron chi connectivity index (χ2n) is 16.4. The number of nitrogens with two attached hydrogens (primary N) is 2. The lowest BCUT2D eigenvalue weighted by molar-refractivity contribution is -0.150. The van der Waals surface area contributed by atoms with Gasteiger partial charge < -0.3 is 31.1 Å². The number of hydrogen-bond acceptors (Lipinski definition) is 11. The second kappa shape index (κ2) is 17.6. The van der Waals surface area contributed by atoms with Crippen LogP contribution in [0.25, 0.3) is 21.8 Å². The van der Waals surface area contributed by atoms with Crippen LogP contribution in [0, 0.1) is 0 Å². The molecule has 0 saturated heterocycles. The van der Waals surface area contributed by atoms with Gasteiger partial charge in [0.15, 0.2) is 0 Å². The van der Waals surface area contributed by atoms with E-state index in [9.17, 15) is 24.3 Å². The molecule has 62 heavy (non-hydrogen) atoms. The van der Waals surface area contributed by atoms with E-state index in [4.69, 9.17) is 16.2 Å². The number of anilines is 2. The van der Waals surface area contributed by atoms with Gasteiger partial charge in [0.1, 0.15) is 11.4 Å². The van der Waals surface area contributed by atoms with Crippen molar-refractivity contribution in [2.75, 3.05) is 18.1 Å². The standard InChI is InChI=1S/C25H28N4O3.C23H24N4O3/c1-4-12-25(3,23(31)32-5-2)18-10-11-20-19(13-18)21(28-24(26)27-20)22(30)29-14-16-8-6-7-9-17(16)15-29;1-3-10-23(2,21(29)30)16-8-9-18-17(11-16)19(26-22(24)25-18)20(28)27-12-14-6-4-5-7-15(14)13-27/h6-11,13H,4-5,12,14-15H2,1-3H3,(H2,26,27,28);4-9,11H,3,10,12-13H2,1-2H3,(H,29,30)(H2,24,25,26). The number of aliphatic carboxylic acids is 1. The highest BCUT2D eigenvalue weighted by atomic mass is 16.5. The maximum Gasteiger partial charge on any atom is 0.316 e. The van der Waals surface area contributed by atoms with Crippen LogP contribution in [0.4, 0.5) is 11.9 Å². The van der Waals surface area contributed by atoms with Gasteiger partial charge in [-0.05, 0) is 91.3 Å². The first kappa shape index (κ1) is 43.1. The van der Waals surface area contributed by atoms with Gasteiger partial charge in [-0.25, -0.2) is 19.9 Å². The van der Waals surface area contributed by atoms with Crippen LogP contribution in [0.15, 0.2) is 84.9 Å². The van der Waals surface area contributed by atoms with E-state index in [0.29, 0.717) is 73.0 Å². The van der Waals surface area contributed by atoms with Crippen molar-refractivity contribution in [3.05, 3.63) is 130 Å². The molecule has 0 bridgehead atoms. The number of fused-ring (bicyclic) bond motifs is 4. The average Bonchev–Trinajstić information content (AvgIpc) is 3.90. The topological polar surface area (TPSA) is 208 Å². The first-order chi connectivity index (χ1) is 29.7. The Balaban J connectivity index is 0.000000187. The van der Waals surface area contributed by atoms with Gasteiger partial charge in [-0.3, -0.25) is 19.2 Å². The number of nitrogen functional groups attached to an aromatic ring is 2. The van der Waals surface area contributed by atoms with Crippen molar-refractivity contribution in [2.45, 2.75) is 97.3 Å². The van der Waals surface area contributed by atoms with Crippen LogP contribution in [0.3, 0.4) is 0 Å². The normalized spacial score (nSPS) is 14.9. The molecule has 6 aromatic rings. The van der Waals surface area contributed by atoms with Gasteiger partial charge in [-0.1, -0.05) is 87.4 Å². The van der Waals surface area contributed by atoms with Crippen LogP contribution in [0.5, 0.6) is 0 Å². The molecule has 14 heteroatoms. The molecule has 0 spiro atoms. The zero-order valence-electron chi connectivity index (χ0n) is 35.8. The number of amides is 2. The Kier molecular flexibility index (Phi) is 12.2. The van der Waals surface area contributed by atoms with E-state index in [1.165, 1.54) is 0 Å². The number of carbonyl (C=O) groups is 4. The zero-order chi connectivity index (χ0) is 44.3. The van der Waals surface area contributed by atoms with Crippen LogP contribution >= 0.6 is 0 Å². The quantitative estimate of drug-likeness (QED) is 0.108. The molecule has 2 amide bonds. The highest BCUT2D eigenvalue weighted by molar-refractivity contribution is 6.06. The van der Waals surface area contributed by atoms with Gasteiger partial charge in [-0.2, -0.15) is 0 Å². The summed E-state index contributed by atoms with van der Waals surface area (Å²) in [6, 6.07) is 26.6. The highest BCUT2D eigenvalue weighted by Gasteiger charge is 2.38. The summed E-state index contributed by atoms with van der Waals surface area (Å²) in [6.07, 6.45) is 2.63. The van der Waals surface area contributed by atoms with Gasteiger partial charge in [0.2, 0.25) is 11.9 Å². The number of nitrogens with zero attached hydrogens (tertiary/aromatic N) is 6. The molecule has 2 aliphatic heterocycles. The number of benzene rings is 4. The van der Waals surface area contributed by atoms with Crippen molar-refractivity contribution in [1.82, 2.24) is 29.7 Å². The van der Waals surface area contributed by atoms with E-state index >= 15 is 0 Å². The number of carboxylic acids is 1. The summed E-state index contributed by atoms with van der Waals surface area (Å²) >= 11 is 0. The molecule has 4 heterocycles. The summed E-state index contributed by atoms with van der Waals surface area (Å²) in [6.45, 7) is 11.7. The fraction of sp³-hybridized carbons (Fsp3) is 0.333. The fourth-order valence-electron chi connectivity index (χ4n) is 8.59. The maximum absolute atomic E-state index is 13.5. The minimum atomic E-state index is -1.06. The van der Waals surface area contributed by atoms with Gasteiger partial charge in [-0.15, -0.1) is 0 Å². The van der Waals surface area contributed by atoms with Crippen LogP contribution < -0.4 is 11.5 Å². The summed E-state index contributed by atoms with van der Waals surface area (Å²) in [5.41, 5.74) is 17.4. The molecule has 14 nitrogen and oxygen atoms in total. The highest BCUT2D eigenvalue weighted by Crippen LogP contribution is 2.36. The molecule has 0 fully saturated rings. The third-order valence-electron chi connectivity index (χ3n) is 12.1. The number of hydrogen-bond donors (Lipinski definition) is 3.